The second kappa shape index (κ2) is 10.3. The lowest BCUT2D eigenvalue weighted by Gasteiger charge is -2.16. The van der Waals surface area contributed by atoms with Crippen LogP contribution in [0.1, 0.15) is 21.5 Å². The van der Waals surface area contributed by atoms with Crippen LogP contribution in [0.5, 0.6) is 0 Å². The summed E-state index contributed by atoms with van der Waals surface area (Å²) in [7, 11) is 0. The summed E-state index contributed by atoms with van der Waals surface area (Å²) < 4.78 is 0. The van der Waals surface area contributed by atoms with Gasteiger partial charge in [0.05, 0.1) is 28.4 Å². The molecule has 4 rings (SSSR count). The van der Waals surface area contributed by atoms with E-state index in [0.717, 1.165) is 16.3 Å². The van der Waals surface area contributed by atoms with E-state index in [0.29, 0.717) is 27.6 Å². The first-order valence-electron chi connectivity index (χ1n) is 10.8. The minimum Gasteiger partial charge on any atom is -0.481 e. The van der Waals surface area contributed by atoms with Gasteiger partial charge >= 0.3 is 12.0 Å². The highest BCUT2D eigenvalue weighted by molar-refractivity contribution is 6.34. The molecule has 0 atom stereocenters. The van der Waals surface area contributed by atoms with Gasteiger partial charge in [-0.15, -0.1) is 0 Å². The molecular formula is C27H22ClN3O4. The van der Waals surface area contributed by atoms with Gasteiger partial charge in [0.15, 0.2) is 0 Å². The molecule has 0 saturated heterocycles. The van der Waals surface area contributed by atoms with E-state index < -0.39 is 17.9 Å². The molecule has 0 fully saturated rings. The molecule has 0 unspecified atom stereocenters. The molecule has 0 aliphatic rings. The summed E-state index contributed by atoms with van der Waals surface area (Å²) in [6.45, 7) is 1.82. The summed E-state index contributed by atoms with van der Waals surface area (Å²) in [5, 5.41) is 19.5. The monoisotopic (exact) mass is 487 g/mol. The van der Waals surface area contributed by atoms with Crippen LogP contribution in [0, 0.1) is 6.92 Å². The minimum absolute atomic E-state index is 0.222. The average molecular weight is 488 g/mol. The number of anilines is 3. The summed E-state index contributed by atoms with van der Waals surface area (Å²) in [6, 6.07) is 22.3. The first kappa shape index (κ1) is 23.8. The van der Waals surface area contributed by atoms with E-state index in [-0.39, 0.29) is 12.0 Å². The van der Waals surface area contributed by atoms with Crippen molar-refractivity contribution in [1.82, 2.24) is 0 Å². The SMILES string of the molecule is Cc1cccc(Cl)c1NC(=O)Nc1cc2ccccc2cc1C(=O)Nc1ccccc1CC(=O)O. The quantitative estimate of drug-likeness (QED) is 0.255. The van der Waals surface area contributed by atoms with Gasteiger partial charge in [0, 0.05) is 5.69 Å². The number of hydrogen-bond acceptors (Lipinski definition) is 3. The maximum absolute atomic E-state index is 13.3. The van der Waals surface area contributed by atoms with E-state index in [1.165, 1.54) is 0 Å². The van der Waals surface area contributed by atoms with Crippen LogP contribution in [0.15, 0.2) is 78.9 Å². The maximum atomic E-state index is 13.3. The summed E-state index contributed by atoms with van der Waals surface area (Å²) in [5.74, 6) is -1.50. The number of benzene rings is 4. The summed E-state index contributed by atoms with van der Waals surface area (Å²) >= 11 is 6.23. The van der Waals surface area contributed by atoms with Gasteiger partial charge in [0.2, 0.25) is 0 Å². The molecule has 176 valence electrons. The highest BCUT2D eigenvalue weighted by atomic mass is 35.5. The largest absolute Gasteiger partial charge is 0.481 e. The first-order chi connectivity index (χ1) is 16.8. The molecule has 0 radical (unpaired) electrons. The Balaban J connectivity index is 1.67. The first-order valence-corrected chi connectivity index (χ1v) is 11.2. The molecule has 0 saturated carbocycles. The molecule has 0 heterocycles. The van der Waals surface area contributed by atoms with Crippen LogP contribution < -0.4 is 16.0 Å². The van der Waals surface area contributed by atoms with Crippen molar-refractivity contribution in [2.45, 2.75) is 13.3 Å². The molecule has 4 aromatic rings. The molecule has 0 bridgehead atoms. The van der Waals surface area contributed by atoms with Crippen LogP contribution in [-0.4, -0.2) is 23.0 Å². The maximum Gasteiger partial charge on any atom is 0.323 e. The zero-order valence-electron chi connectivity index (χ0n) is 18.8. The van der Waals surface area contributed by atoms with Crippen molar-refractivity contribution >= 4 is 57.3 Å². The zero-order chi connectivity index (χ0) is 24.9. The zero-order valence-corrected chi connectivity index (χ0v) is 19.5. The second-order valence-electron chi connectivity index (χ2n) is 7.94. The summed E-state index contributed by atoms with van der Waals surface area (Å²) in [4.78, 5) is 37.4. The molecule has 7 nitrogen and oxygen atoms in total. The molecule has 0 spiro atoms. The Morgan fingerprint density at radius 2 is 1.49 bits per heavy atom. The number of urea groups is 1. The molecular weight excluding hydrogens is 466 g/mol. The van der Waals surface area contributed by atoms with Gasteiger partial charge in [-0.3, -0.25) is 9.59 Å². The Morgan fingerprint density at radius 1 is 0.800 bits per heavy atom. The van der Waals surface area contributed by atoms with E-state index in [4.69, 9.17) is 11.6 Å². The smallest absolute Gasteiger partial charge is 0.323 e. The van der Waals surface area contributed by atoms with Crippen molar-refractivity contribution in [2.24, 2.45) is 0 Å². The van der Waals surface area contributed by atoms with Gasteiger partial charge in [0.25, 0.3) is 5.91 Å². The molecule has 0 aliphatic heterocycles. The molecule has 8 heteroatoms. The van der Waals surface area contributed by atoms with Crippen LogP contribution in [0.2, 0.25) is 5.02 Å². The van der Waals surface area contributed by atoms with Gasteiger partial charge < -0.3 is 21.1 Å². The fraction of sp³-hybridized carbons (Fsp3) is 0.0741. The second-order valence-corrected chi connectivity index (χ2v) is 8.34. The number of halogens is 1. The van der Waals surface area contributed by atoms with Crippen molar-refractivity contribution in [2.75, 3.05) is 16.0 Å². The van der Waals surface area contributed by atoms with E-state index in [2.05, 4.69) is 16.0 Å². The number of rotatable bonds is 6. The topological polar surface area (TPSA) is 108 Å². The third-order valence-corrected chi connectivity index (χ3v) is 5.76. The van der Waals surface area contributed by atoms with Crippen molar-refractivity contribution in [3.8, 4) is 0 Å². The predicted molar refractivity (Wildman–Crippen MR) is 139 cm³/mol. The van der Waals surface area contributed by atoms with Crippen LogP contribution in [0.4, 0.5) is 21.9 Å². The molecule has 35 heavy (non-hydrogen) atoms. The number of carbonyl (C=O) groups is 3. The summed E-state index contributed by atoms with van der Waals surface area (Å²) in [6.07, 6.45) is -0.237. The Labute approximate surface area is 206 Å². The van der Waals surface area contributed by atoms with Gasteiger partial charge in [0.1, 0.15) is 0 Å². The van der Waals surface area contributed by atoms with Crippen LogP contribution in [0.3, 0.4) is 0 Å². The van der Waals surface area contributed by atoms with Gasteiger partial charge in [-0.1, -0.05) is 66.2 Å². The number of hydrogen-bond donors (Lipinski definition) is 4. The molecule has 0 aliphatic carbocycles. The fourth-order valence-electron chi connectivity index (χ4n) is 3.74. The van der Waals surface area contributed by atoms with Crippen molar-refractivity contribution in [3.05, 3.63) is 101 Å². The lowest BCUT2D eigenvalue weighted by molar-refractivity contribution is -0.136. The van der Waals surface area contributed by atoms with E-state index in [1.54, 1.807) is 48.5 Å². The van der Waals surface area contributed by atoms with E-state index >= 15 is 0 Å². The van der Waals surface area contributed by atoms with E-state index in [9.17, 15) is 19.5 Å². The third kappa shape index (κ3) is 5.59. The molecule has 4 N–H and O–H groups in total. The van der Waals surface area contributed by atoms with Crippen molar-refractivity contribution in [3.63, 3.8) is 0 Å². The Bertz CT molecular complexity index is 1430. The number of carboxylic acids is 1. The van der Waals surface area contributed by atoms with Crippen molar-refractivity contribution < 1.29 is 19.5 Å². The minimum atomic E-state index is -1.01. The Kier molecular flexibility index (Phi) is 6.98. The van der Waals surface area contributed by atoms with Gasteiger partial charge in [-0.05, 0) is 53.1 Å². The third-order valence-electron chi connectivity index (χ3n) is 5.45. The number of aryl methyl sites for hydroxylation is 1. The number of amides is 3. The number of nitrogens with one attached hydrogen (secondary N) is 3. The molecule has 0 aromatic heterocycles. The van der Waals surface area contributed by atoms with Gasteiger partial charge in [-0.2, -0.15) is 0 Å². The fourth-order valence-corrected chi connectivity index (χ4v) is 4.01. The van der Waals surface area contributed by atoms with Crippen LogP contribution >= 0.6 is 11.6 Å². The lowest BCUT2D eigenvalue weighted by atomic mass is 10.0. The average Bonchev–Trinajstić information content (AvgIpc) is 2.82. The number of fused-ring (bicyclic) bond motifs is 1. The number of carboxylic acid groups (broad SMARTS) is 1. The van der Waals surface area contributed by atoms with Crippen LogP contribution in [-0.2, 0) is 11.2 Å². The predicted octanol–water partition coefficient (Wildman–Crippen LogP) is 6.33. The summed E-state index contributed by atoms with van der Waals surface area (Å²) in [5.41, 5.74) is 2.63. The number of carbonyl (C=O) groups excluding carboxylic acids is 2. The molecule has 3 amide bonds. The number of aliphatic carboxylic acids is 1. The normalized spacial score (nSPS) is 10.6. The molecule has 4 aromatic carbocycles. The Hall–Kier alpha value is -4.36. The van der Waals surface area contributed by atoms with E-state index in [1.807, 2.05) is 37.3 Å². The number of para-hydroxylation sites is 2. The highest BCUT2D eigenvalue weighted by Crippen LogP contribution is 2.28. The van der Waals surface area contributed by atoms with Crippen molar-refractivity contribution in [1.29, 1.82) is 0 Å². The lowest BCUT2D eigenvalue weighted by Crippen LogP contribution is -2.23. The highest BCUT2D eigenvalue weighted by Gasteiger charge is 2.18. The van der Waals surface area contributed by atoms with Crippen LogP contribution in [0.25, 0.3) is 10.8 Å². The van der Waals surface area contributed by atoms with Gasteiger partial charge in [-0.25, -0.2) is 4.79 Å². The Morgan fingerprint density at radius 3 is 2.20 bits per heavy atom. The standard InChI is InChI=1S/C27H22ClN3O4/c1-16-7-6-11-21(28)25(16)31-27(35)30-23-14-18-9-3-2-8-17(18)13-20(23)26(34)29-22-12-5-4-10-19(22)15-24(32)33/h2-14H,15H2,1H3,(H,29,34)(H,32,33)(H2,30,31,35).